The highest BCUT2D eigenvalue weighted by Gasteiger charge is 2.31. The zero-order valence-electron chi connectivity index (χ0n) is 15.3. The van der Waals surface area contributed by atoms with Gasteiger partial charge in [0, 0.05) is 24.0 Å². The number of fused-ring (bicyclic) bond motifs is 2. The Morgan fingerprint density at radius 3 is 1.67 bits per heavy atom. The first-order valence-corrected chi connectivity index (χ1v) is 11.2. The van der Waals surface area contributed by atoms with Gasteiger partial charge in [-0.3, -0.25) is 0 Å². The molecule has 1 aromatic heterocycles. The molecule has 0 saturated carbocycles. The lowest BCUT2D eigenvalue weighted by Crippen LogP contribution is -2.68. The molecule has 5 nitrogen and oxygen atoms in total. The maximum absolute atomic E-state index is 8.49. The Bertz CT molecular complexity index is 746. The van der Waals surface area contributed by atoms with Crippen molar-refractivity contribution in [1.82, 2.24) is 0 Å². The van der Waals surface area contributed by atoms with E-state index >= 15 is 0 Å². The zero-order chi connectivity index (χ0) is 19.4. The molecule has 0 bridgehead atoms. The maximum Gasteiger partial charge on any atom is 0.219 e. The molecule has 2 aromatic rings. The second-order valence-electron chi connectivity index (χ2n) is 6.80. The summed E-state index contributed by atoms with van der Waals surface area (Å²) >= 11 is 2.12. The van der Waals surface area contributed by atoms with Gasteiger partial charge in [0.15, 0.2) is 0 Å². The van der Waals surface area contributed by atoms with Gasteiger partial charge in [0.05, 0.1) is 7.11 Å². The van der Waals surface area contributed by atoms with Crippen molar-refractivity contribution in [2.75, 3.05) is 7.11 Å². The first-order valence-electron chi connectivity index (χ1n) is 9.12. The second-order valence-corrected chi connectivity index (χ2v) is 8.75. The number of methoxy groups -OCH3 is 1. The van der Waals surface area contributed by atoms with Crippen molar-refractivity contribution in [3.63, 3.8) is 0 Å². The Hall–Kier alpha value is -1.28. The van der Waals surface area contributed by atoms with Crippen molar-refractivity contribution in [2.45, 2.75) is 51.4 Å². The van der Waals surface area contributed by atoms with Crippen LogP contribution >= 0.6 is 11.3 Å². The summed E-state index contributed by atoms with van der Waals surface area (Å²) in [5, 5.41) is 0. The molecule has 0 saturated heterocycles. The van der Waals surface area contributed by atoms with Gasteiger partial charge in [-0.25, -0.2) is 18.6 Å². The summed E-state index contributed by atoms with van der Waals surface area (Å²) in [4.78, 5) is 3.33. The molecule has 0 radical (unpaired) electrons. The van der Waals surface area contributed by atoms with Crippen LogP contribution in [-0.4, -0.2) is 7.11 Å². The monoisotopic (exact) mass is 410 g/mol. The van der Waals surface area contributed by atoms with Gasteiger partial charge >= 0.3 is 0 Å². The predicted octanol–water partition coefficient (Wildman–Crippen LogP) is 0.706. The van der Waals surface area contributed by atoms with Crippen LogP contribution in [0, 0.1) is 10.2 Å². The summed E-state index contributed by atoms with van der Waals surface area (Å²) < 4.78 is 39.3. The van der Waals surface area contributed by atoms with Crippen LogP contribution in [0.1, 0.15) is 46.6 Å². The molecule has 0 spiro atoms. The van der Waals surface area contributed by atoms with Crippen molar-refractivity contribution < 1.29 is 33.6 Å². The summed E-state index contributed by atoms with van der Waals surface area (Å²) in [5.74, 6) is 0.949. The van der Waals surface area contributed by atoms with Crippen LogP contribution in [0.25, 0.3) is 11.1 Å². The van der Waals surface area contributed by atoms with Crippen LogP contribution in [0.5, 0.6) is 5.75 Å². The Balaban J connectivity index is 0.000000376. The molecule has 146 valence electrons. The highest BCUT2D eigenvalue weighted by atomic mass is 35.7. The summed E-state index contributed by atoms with van der Waals surface area (Å²) in [6, 6.07) is 8.72. The number of hydrogen-bond acceptors (Lipinski definition) is 5. The van der Waals surface area contributed by atoms with Gasteiger partial charge in [-0.1, -0.05) is 12.1 Å². The number of ether oxygens (including phenoxy) is 1. The van der Waals surface area contributed by atoms with Crippen LogP contribution in [0.15, 0.2) is 24.3 Å². The number of hydrogen-bond donors (Lipinski definition) is 0. The van der Waals surface area contributed by atoms with Crippen molar-refractivity contribution >= 4 is 11.3 Å². The molecule has 2 aliphatic carbocycles. The van der Waals surface area contributed by atoms with Crippen molar-refractivity contribution in [3.05, 3.63) is 45.1 Å². The Kier molecular flexibility index (Phi) is 6.68. The van der Waals surface area contributed by atoms with Gasteiger partial charge < -0.3 is 4.74 Å². The molecule has 2 aliphatic rings. The highest BCUT2D eigenvalue weighted by Crippen LogP contribution is 2.42. The third-order valence-electron chi connectivity index (χ3n) is 5.06. The number of benzene rings is 1. The van der Waals surface area contributed by atoms with Crippen LogP contribution in [0.4, 0.5) is 0 Å². The fourth-order valence-corrected chi connectivity index (χ4v) is 5.39. The van der Waals surface area contributed by atoms with E-state index in [2.05, 4.69) is 35.6 Å². The third-order valence-corrected chi connectivity index (χ3v) is 6.46. The van der Waals surface area contributed by atoms with Gasteiger partial charge in [0.1, 0.15) is 5.75 Å². The Morgan fingerprint density at radius 1 is 0.778 bits per heavy atom. The van der Waals surface area contributed by atoms with E-state index in [9.17, 15) is 0 Å². The predicted molar refractivity (Wildman–Crippen MR) is 94.0 cm³/mol. The van der Waals surface area contributed by atoms with Crippen molar-refractivity contribution in [1.29, 1.82) is 0 Å². The lowest BCUT2D eigenvalue weighted by Gasteiger charge is -2.21. The molecular weight excluding hydrogens is 388 g/mol. The van der Waals surface area contributed by atoms with Crippen LogP contribution in [0.3, 0.4) is 0 Å². The minimum absolute atomic E-state index is 0.949. The molecule has 0 N–H and O–H groups in total. The Labute approximate surface area is 165 Å². The first kappa shape index (κ1) is 20.5. The second kappa shape index (κ2) is 8.82. The van der Waals surface area contributed by atoms with Gasteiger partial charge in [0.2, 0.25) is 21.1 Å². The largest absolute Gasteiger partial charge is 0.497 e. The summed E-state index contributed by atoms with van der Waals surface area (Å²) in [5.41, 5.74) is 6.28. The average molecular weight is 411 g/mol. The fourth-order valence-electron chi connectivity index (χ4n) is 3.95. The Morgan fingerprint density at radius 2 is 1.22 bits per heavy atom. The molecule has 0 unspecified atom stereocenters. The quantitative estimate of drug-likeness (QED) is 0.678. The topological polar surface area (TPSA) is 101 Å². The highest BCUT2D eigenvalue weighted by molar-refractivity contribution is 7.12. The van der Waals surface area contributed by atoms with E-state index < -0.39 is 10.2 Å². The van der Waals surface area contributed by atoms with Crippen LogP contribution < -0.4 is 23.4 Å². The van der Waals surface area contributed by atoms with Gasteiger partial charge in [0.25, 0.3) is 0 Å². The maximum atomic E-state index is 8.49. The van der Waals surface area contributed by atoms with E-state index in [1.54, 1.807) is 33.6 Å². The van der Waals surface area contributed by atoms with E-state index in [-0.39, 0.29) is 0 Å². The molecule has 0 fully saturated rings. The number of halogens is 1. The van der Waals surface area contributed by atoms with E-state index in [1.165, 1.54) is 56.9 Å². The summed E-state index contributed by atoms with van der Waals surface area (Å²) in [6.45, 7) is 0. The number of aryl methyl sites for hydroxylation is 2. The molecule has 1 heterocycles. The van der Waals surface area contributed by atoms with E-state index in [0.29, 0.717) is 0 Å². The van der Waals surface area contributed by atoms with Gasteiger partial charge in [-0.05, 0) is 61.8 Å². The molecule has 4 rings (SSSR count). The lowest BCUT2D eigenvalue weighted by molar-refractivity contribution is -2.00. The molecule has 0 amide bonds. The minimum atomic E-state index is -4.94. The molecule has 7 heteroatoms. The minimum Gasteiger partial charge on any atom is -0.497 e. The van der Waals surface area contributed by atoms with Gasteiger partial charge in [-0.2, -0.15) is 0 Å². The first-order chi connectivity index (χ1) is 12.9. The average Bonchev–Trinajstić information content (AvgIpc) is 2.65. The summed E-state index contributed by atoms with van der Waals surface area (Å²) in [7, 11) is -3.21. The van der Waals surface area contributed by atoms with Crippen molar-refractivity contribution in [2.24, 2.45) is 0 Å². The normalized spacial score (nSPS) is 15.9. The lowest BCUT2D eigenvalue weighted by atomic mass is 9.85. The molecule has 27 heavy (non-hydrogen) atoms. The van der Waals surface area contributed by atoms with E-state index in [0.717, 1.165) is 5.75 Å². The SMILES string of the molecule is COc1ccc(-c2c3c([s+]c4c2CCCC4)CCCC3)cc1.[O-][Cl+3]([O-])([O-])[O-]. The fraction of sp³-hybridized carbons (Fsp3) is 0.450. The standard InChI is InChI=1S/C20H23OS.ClHO4/c1-21-15-12-10-14(11-13-15)20-16-6-2-4-8-18(16)22-19-9-5-3-7-17(19)20;2-1(3,4)5/h10-13H,2-9H2,1H3;(H,2,3,4,5)/q+1;/p-1. The smallest absolute Gasteiger partial charge is 0.219 e. The van der Waals surface area contributed by atoms with E-state index in [1.807, 2.05) is 0 Å². The van der Waals surface area contributed by atoms with Gasteiger partial charge in [-0.15, -0.1) is 10.2 Å². The zero-order valence-corrected chi connectivity index (χ0v) is 16.9. The van der Waals surface area contributed by atoms with Crippen molar-refractivity contribution in [3.8, 4) is 16.9 Å². The van der Waals surface area contributed by atoms with Crippen LogP contribution in [0.2, 0.25) is 0 Å². The number of rotatable bonds is 2. The van der Waals surface area contributed by atoms with E-state index in [4.69, 9.17) is 23.4 Å². The van der Waals surface area contributed by atoms with Crippen LogP contribution in [-0.2, 0) is 25.7 Å². The molecule has 1 aromatic carbocycles. The molecule has 0 aliphatic heterocycles. The summed E-state index contributed by atoms with van der Waals surface area (Å²) in [6.07, 6.45) is 10.5. The third kappa shape index (κ3) is 5.38. The molecular formula is C20H23ClO5S. The molecule has 0 atom stereocenters.